The molecule has 1 fully saturated rings. The van der Waals surface area contributed by atoms with E-state index < -0.39 is 12.0 Å². The summed E-state index contributed by atoms with van der Waals surface area (Å²) in [6, 6.07) is 0. The van der Waals surface area contributed by atoms with E-state index in [0.717, 1.165) is 0 Å². The van der Waals surface area contributed by atoms with Crippen LogP contribution < -0.4 is 5.32 Å². The maximum atomic E-state index is 10.4. The second-order valence-electron chi connectivity index (χ2n) is 1.67. The zero-order valence-corrected chi connectivity index (χ0v) is 4.72. The maximum absolute atomic E-state index is 10.4. The summed E-state index contributed by atoms with van der Waals surface area (Å²) in [7, 11) is 0. The molecule has 0 aromatic heterocycles. The number of ether oxygens (including phenoxy) is 1. The summed E-state index contributed by atoms with van der Waals surface area (Å²) in [5.74, 6) is -0.660. The van der Waals surface area contributed by atoms with Gasteiger partial charge in [0.05, 0.1) is 6.61 Å². The average Bonchev–Trinajstić information content (AvgIpc) is 2.37. The molecule has 1 saturated heterocycles. The van der Waals surface area contributed by atoms with E-state index in [-0.39, 0.29) is 0 Å². The molecule has 0 bridgehead atoms. The molecular formula is C5H6NO3. The number of carbonyl (C=O) groups is 1. The molecule has 9 heavy (non-hydrogen) atoms. The lowest BCUT2D eigenvalue weighted by atomic mass is 10.4. The van der Waals surface area contributed by atoms with Crippen molar-refractivity contribution in [3.8, 4) is 0 Å². The fourth-order valence-corrected chi connectivity index (χ4v) is 0.648. The van der Waals surface area contributed by atoms with E-state index in [1.807, 2.05) is 0 Å². The van der Waals surface area contributed by atoms with Gasteiger partial charge in [0.1, 0.15) is 0 Å². The molecule has 1 N–H and O–H groups in total. The monoisotopic (exact) mass is 128 g/mol. The highest BCUT2D eigenvalue weighted by molar-refractivity contribution is 6.27. The lowest BCUT2D eigenvalue weighted by Gasteiger charge is -2.00. The number of nitrogens with one attached hydrogen (secondary N) is 1. The highest BCUT2D eigenvalue weighted by atomic mass is 16.5. The molecule has 1 aliphatic rings. The molecule has 0 amide bonds. The van der Waals surface area contributed by atoms with Crippen LogP contribution in [0.15, 0.2) is 0 Å². The Balaban J connectivity index is 2.41. The lowest BCUT2D eigenvalue weighted by molar-refractivity contribution is -0.122. The minimum absolute atomic E-state index is 0.484. The number of hydrogen-bond acceptors (Lipinski definition) is 4. The fourth-order valence-electron chi connectivity index (χ4n) is 0.648. The first kappa shape index (κ1) is 6.38. The molecule has 49 valence electrons. The standard InChI is InChI=1S/C5H6NO3/c7-3-4(8)5-6-1-2-9-5/h5-6H,1-2H2. The molecule has 1 radical (unpaired) electrons. The number of ketones is 1. The van der Waals surface area contributed by atoms with Crippen LogP contribution in [0.3, 0.4) is 0 Å². The van der Waals surface area contributed by atoms with Crippen LogP contribution in [0.4, 0.5) is 0 Å². The van der Waals surface area contributed by atoms with Gasteiger partial charge in [-0.2, -0.15) is 0 Å². The Morgan fingerprint density at radius 1 is 1.78 bits per heavy atom. The Morgan fingerprint density at radius 2 is 2.56 bits per heavy atom. The zero-order chi connectivity index (χ0) is 6.69. The van der Waals surface area contributed by atoms with Crippen LogP contribution in [0.2, 0.25) is 0 Å². The molecule has 4 nitrogen and oxygen atoms in total. The highest BCUT2D eigenvalue weighted by Crippen LogP contribution is 1.93. The molecule has 0 aromatic rings. The Hall–Kier alpha value is -0.740. The van der Waals surface area contributed by atoms with Gasteiger partial charge >= 0.3 is 0 Å². The van der Waals surface area contributed by atoms with Crippen molar-refractivity contribution in [1.29, 1.82) is 0 Å². The largest absolute Gasteiger partial charge is 0.354 e. The van der Waals surface area contributed by atoms with Crippen molar-refractivity contribution in [3.05, 3.63) is 0 Å². The van der Waals surface area contributed by atoms with Crippen LogP contribution >= 0.6 is 0 Å². The van der Waals surface area contributed by atoms with Crippen LogP contribution in [0.1, 0.15) is 0 Å². The quantitative estimate of drug-likeness (QED) is 0.465. The van der Waals surface area contributed by atoms with Gasteiger partial charge in [-0.15, -0.1) is 0 Å². The maximum Gasteiger partial charge on any atom is 0.276 e. The number of hydrogen-bond donors (Lipinski definition) is 1. The van der Waals surface area contributed by atoms with Crippen LogP contribution in [0.25, 0.3) is 0 Å². The third-order valence-corrected chi connectivity index (χ3v) is 1.06. The second kappa shape index (κ2) is 2.70. The SMILES string of the molecule is O=[C]C(=O)C1NCCO1. The van der Waals surface area contributed by atoms with Crippen LogP contribution in [-0.2, 0) is 14.3 Å². The molecule has 1 heterocycles. The van der Waals surface area contributed by atoms with E-state index in [0.29, 0.717) is 13.2 Å². The van der Waals surface area contributed by atoms with Crippen molar-refractivity contribution in [1.82, 2.24) is 5.32 Å². The summed E-state index contributed by atoms with van der Waals surface area (Å²) >= 11 is 0. The third-order valence-electron chi connectivity index (χ3n) is 1.06. The summed E-state index contributed by atoms with van der Waals surface area (Å²) < 4.78 is 4.78. The zero-order valence-electron chi connectivity index (χ0n) is 4.72. The predicted octanol–water partition coefficient (Wildman–Crippen LogP) is -1.39. The molecule has 1 aliphatic heterocycles. The Kier molecular flexibility index (Phi) is 1.92. The van der Waals surface area contributed by atoms with Crippen LogP contribution in [0, 0.1) is 0 Å². The predicted molar refractivity (Wildman–Crippen MR) is 28.4 cm³/mol. The molecule has 4 heteroatoms. The van der Waals surface area contributed by atoms with Gasteiger partial charge in [0.2, 0.25) is 5.78 Å². The molecule has 1 unspecified atom stereocenters. The summed E-state index contributed by atoms with van der Waals surface area (Å²) in [5.41, 5.74) is 0. The summed E-state index contributed by atoms with van der Waals surface area (Å²) in [6.07, 6.45) is 0.497. The van der Waals surface area contributed by atoms with Gasteiger partial charge in [0, 0.05) is 6.54 Å². The summed E-state index contributed by atoms with van der Waals surface area (Å²) in [6.45, 7) is 1.11. The smallest absolute Gasteiger partial charge is 0.276 e. The summed E-state index contributed by atoms with van der Waals surface area (Å²) in [4.78, 5) is 20.1. The van der Waals surface area contributed by atoms with Crippen molar-refractivity contribution in [2.24, 2.45) is 0 Å². The minimum atomic E-state index is -0.734. The Bertz CT molecular complexity index is 128. The first-order valence-electron chi connectivity index (χ1n) is 2.61. The Labute approximate surface area is 52.2 Å². The summed E-state index contributed by atoms with van der Waals surface area (Å²) in [5, 5.41) is 2.67. The molecule has 0 aromatic carbocycles. The van der Waals surface area contributed by atoms with Crippen molar-refractivity contribution < 1.29 is 14.3 Å². The first-order valence-corrected chi connectivity index (χ1v) is 2.61. The van der Waals surface area contributed by atoms with Gasteiger partial charge in [-0.3, -0.25) is 14.9 Å². The number of Topliss-reactive ketones (excluding diaryl/α,β-unsaturated/α-hetero) is 1. The first-order chi connectivity index (χ1) is 4.34. The van der Waals surface area contributed by atoms with Gasteiger partial charge in [0.25, 0.3) is 6.29 Å². The average molecular weight is 128 g/mol. The van der Waals surface area contributed by atoms with Gasteiger partial charge in [-0.05, 0) is 0 Å². The van der Waals surface area contributed by atoms with E-state index in [2.05, 4.69) is 5.32 Å². The molecule has 0 aliphatic carbocycles. The van der Waals surface area contributed by atoms with Gasteiger partial charge in [0.15, 0.2) is 6.23 Å². The van der Waals surface area contributed by atoms with Crippen LogP contribution in [0.5, 0.6) is 0 Å². The van der Waals surface area contributed by atoms with E-state index in [1.165, 1.54) is 6.29 Å². The van der Waals surface area contributed by atoms with E-state index in [1.54, 1.807) is 0 Å². The van der Waals surface area contributed by atoms with E-state index in [4.69, 9.17) is 4.74 Å². The van der Waals surface area contributed by atoms with Gasteiger partial charge in [-0.25, -0.2) is 0 Å². The normalized spacial score (nSPS) is 26.0. The molecule has 1 atom stereocenters. The molecule has 0 spiro atoms. The van der Waals surface area contributed by atoms with Crippen molar-refractivity contribution in [3.63, 3.8) is 0 Å². The van der Waals surface area contributed by atoms with E-state index in [9.17, 15) is 9.59 Å². The molecular weight excluding hydrogens is 122 g/mol. The van der Waals surface area contributed by atoms with Crippen molar-refractivity contribution in [2.75, 3.05) is 13.2 Å². The number of rotatable bonds is 2. The molecule has 1 rings (SSSR count). The van der Waals surface area contributed by atoms with Gasteiger partial charge in [-0.1, -0.05) is 0 Å². The highest BCUT2D eigenvalue weighted by Gasteiger charge is 2.22. The third kappa shape index (κ3) is 1.34. The van der Waals surface area contributed by atoms with Crippen molar-refractivity contribution >= 4 is 12.1 Å². The van der Waals surface area contributed by atoms with Crippen LogP contribution in [-0.4, -0.2) is 31.4 Å². The van der Waals surface area contributed by atoms with Gasteiger partial charge < -0.3 is 4.74 Å². The second-order valence-corrected chi connectivity index (χ2v) is 1.67. The Morgan fingerprint density at radius 3 is 3.00 bits per heavy atom. The van der Waals surface area contributed by atoms with Crippen molar-refractivity contribution in [2.45, 2.75) is 6.23 Å². The number of carbonyl (C=O) groups excluding carboxylic acids is 2. The minimum Gasteiger partial charge on any atom is -0.354 e. The van der Waals surface area contributed by atoms with E-state index >= 15 is 0 Å². The lowest BCUT2D eigenvalue weighted by Crippen LogP contribution is -2.32. The topological polar surface area (TPSA) is 55.4 Å². The molecule has 0 saturated carbocycles. The fraction of sp³-hybridized carbons (Fsp3) is 0.600.